The second-order valence-electron chi connectivity index (χ2n) is 5.56. The number of carbonyl (C=O) groups is 1. The highest BCUT2D eigenvalue weighted by Crippen LogP contribution is 2.15. The van der Waals surface area contributed by atoms with Gasteiger partial charge in [0.1, 0.15) is 6.10 Å². The molecular formula is C15H24N2O2. The van der Waals surface area contributed by atoms with Crippen molar-refractivity contribution in [2.24, 2.45) is 0 Å². The number of carbonyl (C=O) groups excluding carboxylic acids is 1. The van der Waals surface area contributed by atoms with Crippen molar-refractivity contribution in [1.29, 1.82) is 0 Å². The zero-order valence-corrected chi connectivity index (χ0v) is 12.2. The molecule has 19 heavy (non-hydrogen) atoms. The van der Waals surface area contributed by atoms with E-state index in [9.17, 15) is 4.79 Å². The van der Waals surface area contributed by atoms with Crippen molar-refractivity contribution >= 4 is 6.09 Å². The molecule has 0 aliphatic rings. The predicted octanol–water partition coefficient (Wildman–Crippen LogP) is 2.86. The van der Waals surface area contributed by atoms with Gasteiger partial charge in [0.2, 0.25) is 0 Å². The average Bonchev–Trinajstić information content (AvgIpc) is 2.34. The first-order chi connectivity index (χ1) is 8.88. The minimum absolute atomic E-state index is 0.0584. The second kappa shape index (κ2) is 7.14. The molecule has 0 bridgehead atoms. The third-order valence-corrected chi connectivity index (χ3v) is 2.60. The van der Waals surface area contributed by atoms with Crippen LogP contribution in [0.4, 0.5) is 4.79 Å². The summed E-state index contributed by atoms with van der Waals surface area (Å²) < 4.78 is 5.29. The normalized spacial score (nSPS) is 12.8. The number of hydrogen-bond donors (Lipinski definition) is 2. The van der Waals surface area contributed by atoms with E-state index < -0.39 is 0 Å². The lowest BCUT2D eigenvalue weighted by Crippen LogP contribution is -2.41. The van der Waals surface area contributed by atoms with Crippen molar-refractivity contribution < 1.29 is 9.53 Å². The molecule has 2 N–H and O–H groups in total. The third-order valence-electron chi connectivity index (χ3n) is 2.60. The van der Waals surface area contributed by atoms with Crippen LogP contribution in [0.3, 0.4) is 0 Å². The molecule has 0 aliphatic carbocycles. The van der Waals surface area contributed by atoms with E-state index >= 15 is 0 Å². The van der Waals surface area contributed by atoms with E-state index in [1.54, 1.807) is 0 Å². The maximum Gasteiger partial charge on any atom is 0.407 e. The van der Waals surface area contributed by atoms with Crippen LogP contribution in [-0.2, 0) is 4.74 Å². The first-order valence-corrected chi connectivity index (χ1v) is 6.63. The standard InChI is InChI=1S/C15H24N2O2/c1-12(13-8-6-5-7-9-13)19-14(18)16-10-11-17-15(2,3)4/h5-9,12,17H,10-11H2,1-4H3,(H,16,18). The fraction of sp³-hybridized carbons (Fsp3) is 0.533. The number of nitrogens with one attached hydrogen (secondary N) is 2. The Kier molecular flexibility index (Phi) is 5.83. The summed E-state index contributed by atoms with van der Waals surface area (Å²) in [5.74, 6) is 0. The summed E-state index contributed by atoms with van der Waals surface area (Å²) >= 11 is 0. The van der Waals surface area contributed by atoms with Crippen LogP contribution in [-0.4, -0.2) is 24.7 Å². The summed E-state index contributed by atoms with van der Waals surface area (Å²) in [6, 6.07) is 9.69. The molecule has 0 aromatic heterocycles. The molecule has 1 amide bonds. The molecule has 1 aromatic rings. The van der Waals surface area contributed by atoms with Crippen LogP contribution in [0.1, 0.15) is 39.4 Å². The highest BCUT2D eigenvalue weighted by molar-refractivity contribution is 5.67. The summed E-state index contributed by atoms with van der Waals surface area (Å²) in [6.07, 6.45) is -0.621. The first kappa shape index (κ1) is 15.5. The van der Waals surface area contributed by atoms with Crippen LogP contribution in [0, 0.1) is 0 Å². The molecule has 1 rings (SSSR count). The fourth-order valence-corrected chi connectivity index (χ4v) is 1.60. The van der Waals surface area contributed by atoms with Crippen LogP contribution in [0.25, 0.3) is 0 Å². The summed E-state index contributed by atoms with van der Waals surface area (Å²) in [5.41, 5.74) is 1.05. The van der Waals surface area contributed by atoms with Crippen LogP contribution < -0.4 is 10.6 Å². The van der Waals surface area contributed by atoms with Gasteiger partial charge in [-0.2, -0.15) is 0 Å². The highest BCUT2D eigenvalue weighted by atomic mass is 16.6. The van der Waals surface area contributed by atoms with Gasteiger partial charge >= 0.3 is 6.09 Å². The van der Waals surface area contributed by atoms with Crippen molar-refractivity contribution in [2.45, 2.75) is 39.3 Å². The van der Waals surface area contributed by atoms with Gasteiger partial charge in [-0.15, -0.1) is 0 Å². The zero-order valence-electron chi connectivity index (χ0n) is 12.2. The van der Waals surface area contributed by atoms with E-state index in [0.29, 0.717) is 6.54 Å². The lowest BCUT2D eigenvalue weighted by atomic mass is 10.1. The molecule has 0 radical (unpaired) electrons. The molecular weight excluding hydrogens is 240 g/mol. The quantitative estimate of drug-likeness (QED) is 0.804. The summed E-state index contributed by atoms with van der Waals surface area (Å²) in [4.78, 5) is 11.6. The Labute approximate surface area is 115 Å². The largest absolute Gasteiger partial charge is 0.442 e. The molecule has 1 aromatic carbocycles. The Morgan fingerprint density at radius 2 is 1.84 bits per heavy atom. The maximum absolute atomic E-state index is 11.6. The van der Waals surface area contributed by atoms with Crippen LogP contribution in [0.2, 0.25) is 0 Å². The Balaban J connectivity index is 2.24. The molecule has 0 aliphatic heterocycles. The molecule has 0 heterocycles. The minimum atomic E-state index is -0.382. The van der Waals surface area contributed by atoms with Gasteiger partial charge in [-0.05, 0) is 33.3 Å². The second-order valence-corrected chi connectivity index (χ2v) is 5.56. The highest BCUT2D eigenvalue weighted by Gasteiger charge is 2.11. The van der Waals surface area contributed by atoms with Gasteiger partial charge in [0.25, 0.3) is 0 Å². The van der Waals surface area contributed by atoms with E-state index in [-0.39, 0.29) is 17.7 Å². The van der Waals surface area contributed by atoms with Gasteiger partial charge in [-0.3, -0.25) is 0 Å². The van der Waals surface area contributed by atoms with Gasteiger partial charge in [-0.1, -0.05) is 30.3 Å². The Morgan fingerprint density at radius 1 is 1.21 bits per heavy atom. The van der Waals surface area contributed by atoms with Gasteiger partial charge in [0.05, 0.1) is 0 Å². The molecule has 0 saturated carbocycles. The number of benzene rings is 1. The van der Waals surface area contributed by atoms with E-state index in [1.807, 2.05) is 37.3 Å². The van der Waals surface area contributed by atoms with Gasteiger partial charge in [0.15, 0.2) is 0 Å². The number of hydrogen-bond acceptors (Lipinski definition) is 3. The minimum Gasteiger partial charge on any atom is -0.442 e. The third kappa shape index (κ3) is 6.82. The van der Waals surface area contributed by atoms with E-state index in [0.717, 1.165) is 12.1 Å². The number of amides is 1. The van der Waals surface area contributed by atoms with Crippen LogP contribution in [0.15, 0.2) is 30.3 Å². The summed E-state index contributed by atoms with van der Waals surface area (Å²) in [6.45, 7) is 9.40. The van der Waals surface area contributed by atoms with E-state index in [1.165, 1.54) is 0 Å². The molecule has 1 unspecified atom stereocenters. The van der Waals surface area contributed by atoms with Crippen molar-refractivity contribution in [3.05, 3.63) is 35.9 Å². The molecule has 106 valence electrons. The van der Waals surface area contributed by atoms with Gasteiger partial charge < -0.3 is 15.4 Å². The molecule has 4 nitrogen and oxygen atoms in total. The lowest BCUT2D eigenvalue weighted by Gasteiger charge is -2.20. The van der Waals surface area contributed by atoms with Crippen molar-refractivity contribution in [2.75, 3.05) is 13.1 Å². The molecule has 1 atom stereocenters. The fourth-order valence-electron chi connectivity index (χ4n) is 1.60. The Bertz CT molecular complexity index is 385. The smallest absolute Gasteiger partial charge is 0.407 e. The molecule has 0 saturated heterocycles. The first-order valence-electron chi connectivity index (χ1n) is 6.63. The average molecular weight is 264 g/mol. The predicted molar refractivity (Wildman–Crippen MR) is 77.1 cm³/mol. The molecule has 0 fully saturated rings. The van der Waals surface area contributed by atoms with Crippen LogP contribution >= 0.6 is 0 Å². The zero-order chi connectivity index (χ0) is 14.3. The van der Waals surface area contributed by atoms with Crippen molar-refractivity contribution in [3.8, 4) is 0 Å². The SMILES string of the molecule is CC(OC(=O)NCCNC(C)(C)C)c1ccccc1. The number of rotatable bonds is 5. The van der Waals surface area contributed by atoms with Crippen LogP contribution in [0.5, 0.6) is 0 Å². The molecule has 4 heteroatoms. The molecule has 0 spiro atoms. The van der Waals surface area contributed by atoms with Gasteiger partial charge in [-0.25, -0.2) is 4.79 Å². The summed E-state index contributed by atoms with van der Waals surface area (Å²) in [5, 5.41) is 6.02. The topological polar surface area (TPSA) is 50.4 Å². The van der Waals surface area contributed by atoms with Crippen molar-refractivity contribution in [1.82, 2.24) is 10.6 Å². The Morgan fingerprint density at radius 3 is 2.42 bits per heavy atom. The van der Waals surface area contributed by atoms with Gasteiger partial charge in [0, 0.05) is 18.6 Å². The van der Waals surface area contributed by atoms with E-state index in [2.05, 4.69) is 31.4 Å². The number of ether oxygens (including phenoxy) is 1. The monoisotopic (exact) mass is 264 g/mol. The van der Waals surface area contributed by atoms with E-state index in [4.69, 9.17) is 4.74 Å². The van der Waals surface area contributed by atoms with Crippen molar-refractivity contribution in [3.63, 3.8) is 0 Å². The number of alkyl carbamates (subject to hydrolysis) is 1. The summed E-state index contributed by atoms with van der Waals surface area (Å²) in [7, 11) is 0. The maximum atomic E-state index is 11.6. The Hall–Kier alpha value is -1.55. The lowest BCUT2D eigenvalue weighted by molar-refractivity contribution is 0.107.